The molecule has 0 aliphatic carbocycles. The maximum Gasteiger partial charge on any atom is 0.261 e. The van der Waals surface area contributed by atoms with E-state index >= 15 is 0 Å². The molecule has 1 fully saturated rings. The third-order valence-electron chi connectivity index (χ3n) is 3.57. The number of pyridine rings is 1. The van der Waals surface area contributed by atoms with E-state index in [0.29, 0.717) is 12.1 Å². The van der Waals surface area contributed by atoms with Crippen molar-refractivity contribution in [3.8, 4) is 0 Å². The number of carbonyl (C=O) groups excluding carboxylic acids is 2. The summed E-state index contributed by atoms with van der Waals surface area (Å²) in [6, 6.07) is 10.1. The van der Waals surface area contributed by atoms with Crippen molar-refractivity contribution in [3.63, 3.8) is 0 Å². The number of amides is 2. The molecule has 6 nitrogen and oxygen atoms in total. The van der Waals surface area contributed by atoms with E-state index < -0.39 is 11.5 Å². The third kappa shape index (κ3) is 2.76. The Balaban J connectivity index is 1.74. The summed E-state index contributed by atoms with van der Waals surface area (Å²) in [5.41, 5.74) is 1.02. The van der Waals surface area contributed by atoms with Crippen molar-refractivity contribution in [1.82, 2.24) is 4.98 Å². The van der Waals surface area contributed by atoms with Crippen LogP contribution in [0.3, 0.4) is 0 Å². The maximum atomic E-state index is 12.0. The van der Waals surface area contributed by atoms with Crippen molar-refractivity contribution in [2.24, 2.45) is 0 Å². The minimum absolute atomic E-state index is 0.0568. The molecule has 2 heterocycles. The van der Waals surface area contributed by atoms with Gasteiger partial charge in [-0.1, -0.05) is 0 Å². The zero-order valence-corrected chi connectivity index (χ0v) is 11.8. The largest absolute Gasteiger partial charge is 0.328 e. The number of nitrogens with one attached hydrogen (secondary N) is 2. The number of aromatic amines is 1. The zero-order valence-electron chi connectivity index (χ0n) is 11.8. The Morgan fingerprint density at radius 1 is 1.14 bits per heavy atom. The van der Waals surface area contributed by atoms with Gasteiger partial charge in [0.25, 0.3) is 11.5 Å². The molecule has 2 amide bonds. The minimum Gasteiger partial charge on any atom is -0.328 e. The Hall–Kier alpha value is -2.89. The molecule has 3 rings (SSSR count). The van der Waals surface area contributed by atoms with Gasteiger partial charge in [-0.2, -0.15) is 0 Å². The highest BCUT2D eigenvalue weighted by Crippen LogP contribution is 2.23. The van der Waals surface area contributed by atoms with Gasteiger partial charge < -0.3 is 15.2 Å². The van der Waals surface area contributed by atoms with Crippen molar-refractivity contribution in [1.29, 1.82) is 0 Å². The molecule has 0 radical (unpaired) electrons. The quantitative estimate of drug-likeness (QED) is 0.905. The SMILES string of the molecule is O=C(Nc1ccc(N2CCCC2=O)cc1)c1ccc[nH]c1=O. The Labute approximate surface area is 126 Å². The van der Waals surface area contributed by atoms with Gasteiger partial charge in [-0.25, -0.2) is 0 Å². The van der Waals surface area contributed by atoms with E-state index in [1.165, 1.54) is 12.3 Å². The highest BCUT2D eigenvalue weighted by Gasteiger charge is 2.21. The number of benzene rings is 1. The predicted molar refractivity (Wildman–Crippen MR) is 83.0 cm³/mol. The molecular weight excluding hydrogens is 282 g/mol. The Morgan fingerprint density at radius 2 is 1.91 bits per heavy atom. The molecule has 0 saturated carbocycles. The summed E-state index contributed by atoms with van der Waals surface area (Å²) in [5.74, 6) is -0.348. The molecule has 1 saturated heterocycles. The van der Waals surface area contributed by atoms with Gasteiger partial charge in [0.1, 0.15) is 5.56 Å². The fourth-order valence-electron chi connectivity index (χ4n) is 2.44. The second-order valence-electron chi connectivity index (χ2n) is 5.06. The summed E-state index contributed by atoms with van der Waals surface area (Å²) < 4.78 is 0. The van der Waals surface area contributed by atoms with Gasteiger partial charge in [0.2, 0.25) is 5.91 Å². The normalized spacial score (nSPS) is 14.2. The maximum absolute atomic E-state index is 12.0. The van der Waals surface area contributed by atoms with Crippen molar-refractivity contribution in [3.05, 3.63) is 58.5 Å². The van der Waals surface area contributed by atoms with Crippen molar-refractivity contribution >= 4 is 23.2 Å². The number of hydrogen-bond donors (Lipinski definition) is 2. The predicted octanol–water partition coefficient (Wildman–Crippen LogP) is 1.75. The molecular formula is C16H15N3O3. The summed E-state index contributed by atoms with van der Waals surface area (Å²) in [6.45, 7) is 0.726. The van der Waals surface area contributed by atoms with E-state index in [2.05, 4.69) is 10.3 Å². The van der Waals surface area contributed by atoms with Crippen LogP contribution in [-0.2, 0) is 4.79 Å². The smallest absolute Gasteiger partial charge is 0.261 e. The van der Waals surface area contributed by atoms with E-state index in [0.717, 1.165) is 18.7 Å². The molecule has 6 heteroatoms. The molecule has 0 spiro atoms. The van der Waals surface area contributed by atoms with Crippen molar-refractivity contribution in [2.75, 3.05) is 16.8 Å². The minimum atomic E-state index is -0.466. The first kappa shape index (κ1) is 14.1. The molecule has 1 aliphatic heterocycles. The highest BCUT2D eigenvalue weighted by molar-refractivity contribution is 6.04. The van der Waals surface area contributed by atoms with Crippen LogP contribution in [0.1, 0.15) is 23.2 Å². The zero-order chi connectivity index (χ0) is 15.5. The first-order chi connectivity index (χ1) is 10.6. The average molecular weight is 297 g/mol. The van der Waals surface area contributed by atoms with Gasteiger partial charge in [0, 0.05) is 30.5 Å². The lowest BCUT2D eigenvalue weighted by Gasteiger charge is -2.16. The molecule has 2 aromatic rings. The molecule has 1 aromatic heterocycles. The lowest BCUT2D eigenvalue weighted by Crippen LogP contribution is -2.24. The standard InChI is InChI=1S/C16H15N3O3/c20-14-4-2-10-19(14)12-7-5-11(6-8-12)18-16(22)13-3-1-9-17-15(13)21/h1,3,5-9H,2,4,10H2,(H,17,21)(H,18,22). The molecule has 112 valence electrons. The highest BCUT2D eigenvalue weighted by atomic mass is 16.2. The monoisotopic (exact) mass is 297 g/mol. The second-order valence-corrected chi connectivity index (χ2v) is 5.06. The number of anilines is 2. The van der Waals surface area contributed by atoms with Gasteiger partial charge in [-0.05, 0) is 42.8 Å². The number of nitrogens with zero attached hydrogens (tertiary/aromatic N) is 1. The van der Waals surface area contributed by atoms with E-state index in [4.69, 9.17) is 0 Å². The van der Waals surface area contributed by atoms with Crippen LogP contribution < -0.4 is 15.8 Å². The molecule has 0 atom stereocenters. The lowest BCUT2D eigenvalue weighted by atomic mass is 10.2. The molecule has 1 aromatic carbocycles. The Kier molecular flexibility index (Phi) is 3.74. The van der Waals surface area contributed by atoms with Gasteiger partial charge >= 0.3 is 0 Å². The summed E-state index contributed by atoms with van der Waals surface area (Å²) in [7, 11) is 0. The van der Waals surface area contributed by atoms with Gasteiger partial charge in [-0.3, -0.25) is 14.4 Å². The van der Waals surface area contributed by atoms with Crippen LogP contribution in [-0.4, -0.2) is 23.3 Å². The Morgan fingerprint density at radius 3 is 2.55 bits per heavy atom. The average Bonchev–Trinajstić information content (AvgIpc) is 2.94. The van der Waals surface area contributed by atoms with Crippen molar-refractivity contribution < 1.29 is 9.59 Å². The Bertz CT molecular complexity index is 765. The van der Waals surface area contributed by atoms with Gasteiger partial charge in [0.05, 0.1) is 0 Å². The van der Waals surface area contributed by atoms with E-state index in [1.54, 1.807) is 35.2 Å². The van der Waals surface area contributed by atoms with Gasteiger partial charge in [0.15, 0.2) is 0 Å². The molecule has 22 heavy (non-hydrogen) atoms. The second kappa shape index (κ2) is 5.85. The molecule has 0 bridgehead atoms. The van der Waals surface area contributed by atoms with Crippen LogP contribution in [0, 0.1) is 0 Å². The lowest BCUT2D eigenvalue weighted by molar-refractivity contribution is -0.117. The third-order valence-corrected chi connectivity index (χ3v) is 3.57. The van der Waals surface area contributed by atoms with Crippen molar-refractivity contribution in [2.45, 2.75) is 12.8 Å². The molecule has 2 N–H and O–H groups in total. The first-order valence-electron chi connectivity index (χ1n) is 7.04. The van der Waals surface area contributed by atoms with Crippen LogP contribution in [0.25, 0.3) is 0 Å². The summed E-state index contributed by atoms with van der Waals surface area (Å²) >= 11 is 0. The molecule has 0 unspecified atom stereocenters. The fourth-order valence-corrected chi connectivity index (χ4v) is 2.44. The van der Waals surface area contributed by atoms with Crippen LogP contribution >= 0.6 is 0 Å². The first-order valence-corrected chi connectivity index (χ1v) is 7.04. The molecule has 1 aliphatic rings. The summed E-state index contributed by atoms with van der Waals surface area (Å²) in [4.78, 5) is 39.5. The number of carbonyl (C=O) groups is 2. The number of aromatic nitrogens is 1. The topological polar surface area (TPSA) is 82.3 Å². The van der Waals surface area contributed by atoms with Crippen LogP contribution in [0.15, 0.2) is 47.4 Å². The summed E-state index contributed by atoms with van der Waals surface area (Å²) in [5, 5.41) is 2.67. The summed E-state index contributed by atoms with van der Waals surface area (Å²) in [6.07, 6.45) is 2.92. The van der Waals surface area contributed by atoms with Crippen LogP contribution in [0.5, 0.6) is 0 Å². The fraction of sp³-hybridized carbons (Fsp3) is 0.188. The van der Waals surface area contributed by atoms with Gasteiger partial charge in [-0.15, -0.1) is 0 Å². The van der Waals surface area contributed by atoms with E-state index in [9.17, 15) is 14.4 Å². The van der Waals surface area contributed by atoms with Crippen LogP contribution in [0.2, 0.25) is 0 Å². The number of H-pyrrole nitrogens is 1. The van der Waals surface area contributed by atoms with E-state index in [-0.39, 0.29) is 11.5 Å². The van der Waals surface area contributed by atoms with Crippen LogP contribution in [0.4, 0.5) is 11.4 Å². The van der Waals surface area contributed by atoms with E-state index in [1.807, 2.05) is 0 Å². The number of rotatable bonds is 3. The number of hydrogen-bond acceptors (Lipinski definition) is 3.